The largest absolute Gasteiger partial charge is 0.325 e. The summed E-state index contributed by atoms with van der Waals surface area (Å²) in [5, 5.41) is 3.43. The van der Waals surface area contributed by atoms with Gasteiger partial charge in [0.1, 0.15) is 0 Å². The molecule has 1 aromatic rings. The summed E-state index contributed by atoms with van der Waals surface area (Å²) < 4.78 is 0. The molecule has 2 fully saturated rings. The monoisotopic (exact) mass is 339 g/mol. The van der Waals surface area contributed by atoms with E-state index in [1.165, 1.54) is 16.7 Å². The van der Waals surface area contributed by atoms with E-state index in [-0.39, 0.29) is 11.6 Å². The zero-order chi connectivity index (χ0) is 18.0. The number of carbonyl (C=O) groups excluding carboxylic acids is 1. The van der Waals surface area contributed by atoms with Crippen molar-refractivity contribution in [1.29, 1.82) is 0 Å². The molecule has 0 atom stereocenters. The molecule has 1 spiro atoms. The number of rotatable bonds is 4. The second kappa shape index (κ2) is 7.04. The van der Waals surface area contributed by atoms with E-state index in [9.17, 15) is 4.79 Å². The number of carbonyl (C=O) groups is 1. The van der Waals surface area contributed by atoms with Crippen molar-refractivity contribution in [3.8, 4) is 0 Å². The summed E-state index contributed by atoms with van der Waals surface area (Å²) in [4.78, 5) is 17.3. The number of allylic oxidation sites excluding steroid dienone is 2. The quantitative estimate of drug-likeness (QED) is 0.907. The molecule has 2 aliphatic heterocycles. The smallest absolute Gasteiger partial charge is 0.317 e. The van der Waals surface area contributed by atoms with Gasteiger partial charge in [-0.1, -0.05) is 42.0 Å². The first kappa shape index (κ1) is 17.7. The van der Waals surface area contributed by atoms with Crippen LogP contribution in [-0.4, -0.2) is 41.0 Å². The Morgan fingerprint density at radius 2 is 1.84 bits per heavy atom. The number of benzene rings is 1. The molecule has 0 bridgehead atoms. The molecule has 25 heavy (non-hydrogen) atoms. The van der Waals surface area contributed by atoms with Crippen LogP contribution < -0.4 is 5.32 Å². The Bertz CT molecular complexity index is 681. The molecular weight excluding hydrogens is 310 g/mol. The van der Waals surface area contributed by atoms with E-state index < -0.39 is 0 Å². The molecule has 3 rings (SSSR count). The van der Waals surface area contributed by atoms with Crippen LogP contribution in [0.4, 0.5) is 4.79 Å². The van der Waals surface area contributed by atoms with Crippen LogP contribution in [0.25, 0.3) is 0 Å². The predicted octanol–water partition coefficient (Wildman–Crippen LogP) is 3.75. The molecule has 2 aliphatic rings. The van der Waals surface area contributed by atoms with Crippen LogP contribution in [0.2, 0.25) is 0 Å². The first-order chi connectivity index (χ1) is 12.0. The summed E-state index contributed by atoms with van der Waals surface area (Å²) in [5.74, 6) is 0. The van der Waals surface area contributed by atoms with E-state index in [1.807, 2.05) is 17.1 Å². The summed E-state index contributed by atoms with van der Waals surface area (Å²) in [7, 11) is 0. The fourth-order valence-electron chi connectivity index (χ4n) is 4.48. The lowest BCUT2D eigenvalue weighted by molar-refractivity contribution is 0.141. The van der Waals surface area contributed by atoms with Crippen molar-refractivity contribution >= 4 is 6.03 Å². The molecule has 4 nitrogen and oxygen atoms in total. The number of hydrogen-bond donors (Lipinski definition) is 1. The van der Waals surface area contributed by atoms with Gasteiger partial charge in [0, 0.05) is 12.2 Å². The number of nitrogens with zero attached hydrogens (tertiary/aromatic N) is 2. The summed E-state index contributed by atoms with van der Waals surface area (Å²) >= 11 is 0. The summed E-state index contributed by atoms with van der Waals surface area (Å²) in [6.45, 7) is 13.4. The topological polar surface area (TPSA) is 35.6 Å². The molecule has 2 heterocycles. The standard InChI is InChI=1S/C21H29N3O/c1-5-7-19-21(8-10-22-11-9-21)24(6-2)20(25)23(19)15-18-13-16(3)12-17(4)14-18/h5,7,12-14,22H,1,6,8-11,15H2,2-4H3/b19-7+. The Morgan fingerprint density at radius 3 is 2.40 bits per heavy atom. The van der Waals surface area contributed by atoms with Gasteiger partial charge >= 0.3 is 6.03 Å². The first-order valence-corrected chi connectivity index (χ1v) is 9.22. The van der Waals surface area contributed by atoms with Crippen LogP contribution in [0.1, 0.15) is 36.5 Å². The average molecular weight is 339 g/mol. The molecule has 0 saturated carbocycles. The van der Waals surface area contributed by atoms with Crippen molar-refractivity contribution in [1.82, 2.24) is 15.1 Å². The van der Waals surface area contributed by atoms with Crippen LogP contribution in [0.5, 0.6) is 0 Å². The molecule has 0 aromatic heterocycles. The van der Waals surface area contributed by atoms with Crippen molar-refractivity contribution in [3.63, 3.8) is 0 Å². The number of amides is 2. The maximum absolute atomic E-state index is 13.2. The van der Waals surface area contributed by atoms with Crippen LogP contribution in [0, 0.1) is 13.8 Å². The van der Waals surface area contributed by atoms with Crippen LogP contribution in [0.15, 0.2) is 42.6 Å². The van der Waals surface area contributed by atoms with Crippen LogP contribution in [0.3, 0.4) is 0 Å². The molecule has 0 aliphatic carbocycles. The van der Waals surface area contributed by atoms with Gasteiger partial charge in [-0.2, -0.15) is 0 Å². The van der Waals surface area contributed by atoms with E-state index >= 15 is 0 Å². The number of hydrogen-bond acceptors (Lipinski definition) is 2. The minimum atomic E-state index is -0.190. The maximum atomic E-state index is 13.2. The molecular formula is C21H29N3O. The van der Waals surface area contributed by atoms with Gasteiger partial charge < -0.3 is 10.2 Å². The lowest BCUT2D eigenvalue weighted by atomic mass is 9.84. The Kier molecular flexibility index (Phi) is 5.00. The highest BCUT2D eigenvalue weighted by Gasteiger charge is 2.52. The highest BCUT2D eigenvalue weighted by molar-refractivity contribution is 5.82. The van der Waals surface area contributed by atoms with Crippen molar-refractivity contribution in [3.05, 3.63) is 59.3 Å². The minimum absolute atomic E-state index is 0.122. The van der Waals surface area contributed by atoms with Crippen molar-refractivity contribution < 1.29 is 4.79 Å². The highest BCUT2D eigenvalue weighted by Crippen LogP contribution is 2.43. The Hall–Kier alpha value is -2.07. The van der Waals surface area contributed by atoms with Gasteiger partial charge in [-0.15, -0.1) is 0 Å². The van der Waals surface area contributed by atoms with Gasteiger partial charge in [-0.3, -0.25) is 4.90 Å². The molecule has 1 N–H and O–H groups in total. The lowest BCUT2D eigenvalue weighted by Gasteiger charge is -2.40. The van der Waals surface area contributed by atoms with E-state index in [1.54, 1.807) is 0 Å². The lowest BCUT2D eigenvalue weighted by Crippen LogP contribution is -2.52. The normalized spacial score (nSPS) is 21.4. The van der Waals surface area contributed by atoms with Crippen molar-refractivity contribution in [2.45, 2.75) is 45.7 Å². The fraction of sp³-hybridized carbons (Fsp3) is 0.476. The van der Waals surface area contributed by atoms with Gasteiger partial charge in [0.15, 0.2) is 0 Å². The third-order valence-corrected chi connectivity index (χ3v) is 5.39. The number of nitrogens with one attached hydrogen (secondary N) is 1. The first-order valence-electron chi connectivity index (χ1n) is 9.22. The third-order valence-electron chi connectivity index (χ3n) is 5.39. The van der Waals surface area contributed by atoms with Gasteiger partial charge in [-0.05, 0) is 58.3 Å². The second-order valence-electron chi connectivity index (χ2n) is 7.18. The number of piperidine rings is 1. The summed E-state index contributed by atoms with van der Waals surface area (Å²) in [5.41, 5.74) is 4.57. The zero-order valence-electron chi connectivity index (χ0n) is 15.6. The Morgan fingerprint density at radius 1 is 1.20 bits per heavy atom. The van der Waals surface area contributed by atoms with Gasteiger partial charge in [0.2, 0.25) is 0 Å². The van der Waals surface area contributed by atoms with Gasteiger partial charge in [0.25, 0.3) is 0 Å². The highest BCUT2D eigenvalue weighted by atomic mass is 16.2. The third kappa shape index (κ3) is 3.11. The number of aryl methyl sites for hydroxylation is 2. The molecule has 0 radical (unpaired) electrons. The fourth-order valence-corrected chi connectivity index (χ4v) is 4.48. The molecule has 2 saturated heterocycles. The Balaban J connectivity index is 2.01. The average Bonchev–Trinajstić information content (AvgIpc) is 2.77. The Labute approximate surface area is 151 Å². The van der Waals surface area contributed by atoms with E-state index in [0.29, 0.717) is 6.54 Å². The maximum Gasteiger partial charge on any atom is 0.325 e. The minimum Gasteiger partial charge on any atom is -0.317 e. The molecule has 2 amide bonds. The van der Waals surface area contributed by atoms with Gasteiger partial charge in [0.05, 0.1) is 12.1 Å². The van der Waals surface area contributed by atoms with Crippen LogP contribution in [-0.2, 0) is 6.54 Å². The second-order valence-corrected chi connectivity index (χ2v) is 7.18. The zero-order valence-corrected chi connectivity index (χ0v) is 15.6. The molecule has 4 heteroatoms. The van der Waals surface area contributed by atoms with E-state index in [4.69, 9.17) is 0 Å². The number of likely N-dealkylation sites (N-methyl/N-ethyl adjacent to an activating group) is 1. The van der Waals surface area contributed by atoms with E-state index in [0.717, 1.165) is 38.2 Å². The molecule has 1 aromatic carbocycles. The SMILES string of the molecule is C=C/C=C1/N(Cc2cc(C)cc(C)c2)C(=O)N(CC)C12CCNCC2. The van der Waals surface area contributed by atoms with Gasteiger partial charge in [-0.25, -0.2) is 4.79 Å². The molecule has 134 valence electrons. The van der Waals surface area contributed by atoms with E-state index in [2.05, 4.69) is 55.8 Å². The summed E-state index contributed by atoms with van der Waals surface area (Å²) in [6, 6.07) is 6.64. The summed E-state index contributed by atoms with van der Waals surface area (Å²) in [6.07, 6.45) is 5.77. The number of urea groups is 1. The van der Waals surface area contributed by atoms with Crippen LogP contribution >= 0.6 is 0 Å². The van der Waals surface area contributed by atoms with Crippen molar-refractivity contribution in [2.24, 2.45) is 0 Å². The molecule has 0 unspecified atom stereocenters. The van der Waals surface area contributed by atoms with Crippen molar-refractivity contribution in [2.75, 3.05) is 19.6 Å². The predicted molar refractivity (Wildman–Crippen MR) is 102 cm³/mol.